The van der Waals surface area contributed by atoms with E-state index in [0.29, 0.717) is 6.54 Å². The highest BCUT2D eigenvalue weighted by Gasteiger charge is 2.48. The van der Waals surface area contributed by atoms with Crippen molar-refractivity contribution in [2.45, 2.75) is 39.2 Å². The molecule has 92 valence electrons. The Morgan fingerprint density at radius 2 is 1.88 bits per heavy atom. The van der Waals surface area contributed by atoms with Crippen LogP contribution in [0.15, 0.2) is 0 Å². The standard InChI is InChI=1S/C11H21N3O2/c1-10(2,3)14-8(15)6-13-9(16)11(7-12)4-5-11/h4-7,12H2,1-3H3,(H,13,16)(H,14,15). The monoisotopic (exact) mass is 227 g/mol. The van der Waals surface area contributed by atoms with E-state index in [1.54, 1.807) is 0 Å². The third-order valence-electron chi connectivity index (χ3n) is 2.65. The Labute approximate surface area is 96.1 Å². The summed E-state index contributed by atoms with van der Waals surface area (Å²) in [6.45, 7) is 6.08. The first kappa shape index (κ1) is 13.0. The molecule has 0 bridgehead atoms. The zero-order valence-electron chi connectivity index (χ0n) is 10.2. The lowest BCUT2D eigenvalue weighted by Crippen LogP contribution is -2.47. The van der Waals surface area contributed by atoms with E-state index in [1.807, 2.05) is 20.8 Å². The van der Waals surface area contributed by atoms with Crippen LogP contribution >= 0.6 is 0 Å². The molecule has 0 aromatic heterocycles. The second-order valence-electron chi connectivity index (χ2n) is 5.47. The van der Waals surface area contributed by atoms with Gasteiger partial charge in [0.1, 0.15) is 0 Å². The van der Waals surface area contributed by atoms with Crippen molar-refractivity contribution in [3.63, 3.8) is 0 Å². The van der Waals surface area contributed by atoms with Crippen LogP contribution in [-0.2, 0) is 9.59 Å². The molecule has 1 rings (SSSR count). The van der Waals surface area contributed by atoms with Gasteiger partial charge in [-0.3, -0.25) is 9.59 Å². The van der Waals surface area contributed by atoms with E-state index in [-0.39, 0.29) is 29.3 Å². The maximum atomic E-state index is 11.7. The van der Waals surface area contributed by atoms with Gasteiger partial charge in [-0.05, 0) is 33.6 Å². The molecule has 5 heteroatoms. The number of hydrogen-bond acceptors (Lipinski definition) is 3. The first-order chi connectivity index (χ1) is 7.29. The van der Waals surface area contributed by atoms with Gasteiger partial charge in [-0.2, -0.15) is 0 Å². The average Bonchev–Trinajstić information content (AvgIpc) is 2.92. The molecule has 4 N–H and O–H groups in total. The molecule has 0 spiro atoms. The Balaban J connectivity index is 2.30. The highest BCUT2D eigenvalue weighted by molar-refractivity contribution is 5.89. The van der Waals surface area contributed by atoms with E-state index in [0.717, 1.165) is 12.8 Å². The van der Waals surface area contributed by atoms with E-state index < -0.39 is 0 Å². The molecule has 1 aliphatic rings. The summed E-state index contributed by atoms with van der Waals surface area (Å²) in [4.78, 5) is 23.1. The lowest BCUT2D eigenvalue weighted by molar-refractivity contribution is -0.129. The fourth-order valence-electron chi connectivity index (χ4n) is 1.49. The molecule has 0 aliphatic heterocycles. The predicted molar refractivity (Wildman–Crippen MR) is 61.6 cm³/mol. The quantitative estimate of drug-likeness (QED) is 0.619. The van der Waals surface area contributed by atoms with E-state index >= 15 is 0 Å². The second kappa shape index (κ2) is 4.41. The van der Waals surface area contributed by atoms with Gasteiger partial charge in [-0.25, -0.2) is 0 Å². The largest absolute Gasteiger partial charge is 0.350 e. The number of amides is 2. The molecule has 1 aliphatic carbocycles. The zero-order valence-corrected chi connectivity index (χ0v) is 10.2. The summed E-state index contributed by atoms with van der Waals surface area (Å²) in [5.74, 6) is -0.271. The molecular weight excluding hydrogens is 206 g/mol. The lowest BCUT2D eigenvalue weighted by Gasteiger charge is -2.21. The number of nitrogens with two attached hydrogens (primary N) is 1. The van der Waals surface area contributed by atoms with Gasteiger partial charge in [0, 0.05) is 12.1 Å². The summed E-state index contributed by atoms with van der Waals surface area (Å²) in [7, 11) is 0. The highest BCUT2D eigenvalue weighted by Crippen LogP contribution is 2.44. The van der Waals surface area contributed by atoms with Crippen molar-refractivity contribution in [3.05, 3.63) is 0 Å². The number of carbonyl (C=O) groups is 2. The van der Waals surface area contributed by atoms with E-state index in [1.165, 1.54) is 0 Å². The summed E-state index contributed by atoms with van der Waals surface area (Å²) in [5, 5.41) is 5.41. The van der Waals surface area contributed by atoms with Crippen molar-refractivity contribution < 1.29 is 9.59 Å². The van der Waals surface area contributed by atoms with Crippen LogP contribution in [0.5, 0.6) is 0 Å². The smallest absolute Gasteiger partial charge is 0.239 e. The summed E-state index contributed by atoms with van der Waals surface area (Å²) in [6, 6.07) is 0. The zero-order chi connectivity index (χ0) is 12.4. The van der Waals surface area contributed by atoms with Crippen LogP contribution in [0.3, 0.4) is 0 Å². The Morgan fingerprint density at radius 3 is 2.25 bits per heavy atom. The van der Waals surface area contributed by atoms with Crippen LogP contribution in [-0.4, -0.2) is 30.4 Å². The highest BCUT2D eigenvalue weighted by atomic mass is 16.2. The number of carbonyl (C=O) groups excluding carboxylic acids is 2. The molecule has 0 heterocycles. The fraction of sp³-hybridized carbons (Fsp3) is 0.818. The number of hydrogen-bond donors (Lipinski definition) is 3. The van der Waals surface area contributed by atoms with Crippen LogP contribution in [0.2, 0.25) is 0 Å². The van der Waals surface area contributed by atoms with Crippen molar-refractivity contribution in [2.24, 2.45) is 11.1 Å². The SMILES string of the molecule is CC(C)(C)NC(=O)CNC(=O)C1(CN)CC1. The van der Waals surface area contributed by atoms with E-state index in [4.69, 9.17) is 5.73 Å². The van der Waals surface area contributed by atoms with Crippen molar-refractivity contribution in [3.8, 4) is 0 Å². The first-order valence-electron chi connectivity index (χ1n) is 5.58. The van der Waals surface area contributed by atoms with Crippen molar-refractivity contribution >= 4 is 11.8 Å². The minimum Gasteiger partial charge on any atom is -0.350 e. The molecule has 0 aromatic carbocycles. The van der Waals surface area contributed by atoms with Gasteiger partial charge < -0.3 is 16.4 Å². The van der Waals surface area contributed by atoms with Gasteiger partial charge >= 0.3 is 0 Å². The molecular formula is C11H21N3O2. The maximum absolute atomic E-state index is 11.7. The second-order valence-corrected chi connectivity index (χ2v) is 5.47. The Kier molecular flexibility index (Phi) is 3.57. The van der Waals surface area contributed by atoms with E-state index in [2.05, 4.69) is 10.6 Å². The summed E-state index contributed by atoms with van der Waals surface area (Å²) in [6.07, 6.45) is 1.66. The molecule has 16 heavy (non-hydrogen) atoms. The molecule has 1 saturated carbocycles. The minimum absolute atomic E-state index is 0.0256. The van der Waals surface area contributed by atoms with Crippen LogP contribution < -0.4 is 16.4 Å². The average molecular weight is 227 g/mol. The predicted octanol–water partition coefficient (Wildman–Crippen LogP) is -0.244. The minimum atomic E-state index is -0.387. The number of rotatable bonds is 4. The van der Waals surface area contributed by atoms with Crippen LogP contribution in [0.25, 0.3) is 0 Å². The normalized spacial score (nSPS) is 17.8. The van der Waals surface area contributed by atoms with Crippen LogP contribution in [0.4, 0.5) is 0 Å². The van der Waals surface area contributed by atoms with Gasteiger partial charge in [0.15, 0.2) is 0 Å². The number of nitrogens with one attached hydrogen (secondary N) is 2. The van der Waals surface area contributed by atoms with Crippen molar-refractivity contribution in [1.29, 1.82) is 0 Å². The van der Waals surface area contributed by atoms with Crippen LogP contribution in [0, 0.1) is 5.41 Å². The molecule has 0 atom stereocenters. The first-order valence-corrected chi connectivity index (χ1v) is 5.58. The fourth-order valence-corrected chi connectivity index (χ4v) is 1.49. The van der Waals surface area contributed by atoms with Gasteiger partial charge in [0.25, 0.3) is 0 Å². The maximum Gasteiger partial charge on any atom is 0.239 e. The van der Waals surface area contributed by atoms with Crippen LogP contribution in [0.1, 0.15) is 33.6 Å². The third kappa shape index (κ3) is 3.48. The lowest BCUT2D eigenvalue weighted by atomic mass is 10.1. The summed E-state index contributed by atoms with van der Waals surface area (Å²) < 4.78 is 0. The summed E-state index contributed by atoms with van der Waals surface area (Å²) >= 11 is 0. The molecule has 0 saturated heterocycles. The summed E-state index contributed by atoms with van der Waals surface area (Å²) in [5.41, 5.74) is 4.86. The van der Waals surface area contributed by atoms with Gasteiger partial charge in [0.05, 0.1) is 12.0 Å². The Hall–Kier alpha value is -1.10. The third-order valence-corrected chi connectivity index (χ3v) is 2.65. The Morgan fingerprint density at radius 1 is 1.31 bits per heavy atom. The van der Waals surface area contributed by atoms with Crippen molar-refractivity contribution in [1.82, 2.24) is 10.6 Å². The van der Waals surface area contributed by atoms with Gasteiger partial charge in [-0.1, -0.05) is 0 Å². The van der Waals surface area contributed by atoms with Crippen molar-refractivity contribution in [2.75, 3.05) is 13.1 Å². The van der Waals surface area contributed by atoms with E-state index in [9.17, 15) is 9.59 Å². The van der Waals surface area contributed by atoms with Gasteiger partial charge in [0.2, 0.25) is 11.8 Å². The molecule has 0 aromatic rings. The molecule has 0 unspecified atom stereocenters. The molecule has 1 fully saturated rings. The molecule has 0 radical (unpaired) electrons. The Bertz CT molecular complexity index is 290. The van der Waals surface area contributed by atoms with Gasteiger partial charge in [-0.15, -0.1) is 0 Å². The molecule has 2 amide bonds. The molecule has 5 nitrogen and oxygen atoms in total. The topological polar surface area (TPSA) is 84.2 Å².